The molecule has 48 heavy (non-hydrogen) atoms. The molecule has 0 bridgehead atoms. The third-order valence-corrected chi connectivity index (χ3v) is 9.78. The molecule has 0 atom stereocenters. The van der Waals surface area contributed by atoms with E-state index in [2.05, 4.69) is 38.5 Å². The molecule has 244 valence electrons. The number of nitrogens with zero attached hydrogens (tertiary/aromatic N) is 2. The Morgan fingerprint density at radius 1 is 0.854 bits per heavy atom. The fourth-order valence-electron chi connectivity index (χ4n) is 6.05. The average molecular weight is 680 g/mol. The number of ether oxygens (including phenoxy) is 1. The van der Waals surface area contributed by atoms with Crippen LogP contribution < -0.4 is 9.46 Å². The maximum absolute atomic E-state index is 13.1. The Morgan fingerprint density at radius 2 is 1.50 bits per heavy atom. The first-order valence-electron chi connectivity index (χ1n) is 15.5. The lowest BCUT2D eigenvalue weighted by molar-refractivity contribution is 0.0697. The van der Waals surface area contributed by atoms with Crippen LogP contribution in [0.3, 0.4) is 0 Å². The number of nitrogens with one attached hydrogen (secondary N) is 1. The minimum absolute atomic E-state index is 0.147. The number of rotatable bonds is 14. The van der Waals surface area contributed by atoms with E-state index in [1.54, 1.807) is 36.7 Å². The van der Waals surface area contributed by atoms with Crippen LogP contribution in [0.25, 0.3) is 10.9 Å². The second-order valence-electron chi connectivity index (χ2n) is 11.4. The quantitative estimate of drug-likeness (QED) is 0.125. The summed E-state index contributed by atoms with van der Waals surface area (Å²) in [6.45, 7) is 0.485. The lowest BCUT2D eigenvalue weighted by atomic mass is 9.97. The van der Waals surface area contributed by atoms with Crippen LogP contribution in [0.4, 0.5) is 0 Å². The summed E-state index contributed by atoms with van der Waals surface area (Å²) in [7, 11) is -3.63. The first kappa shape index (κ1) is 33.0. The standard InChI is InChI=1S/C38H34ClN3O5S/c39-31-13-16-35-34(25-31)33(20-24-47-32-14-11-30(12-15-32)38(43)44)36(19-23-41-48(45,46)26-27-17-21-40-22-18-27)42(35)37(28-7-3-1-4-8-28)29-9-5-2-6-10-29/h1-18,21-22,25,37,41H,19-20,23-24,26H2,(H,43,44). The molecule has 0 unspecified atom stereocenters. The highest BCUT2D eigenvalue weighted by Crippen LogP contribution is 2.37. The predicted octanol–water partition coefficient (Wildman–Crippen LogP) is 7.31. The van der Waals surface area contributed by atoms with Gasteiger partial charge in [-0.3, -0.25) is 4.98 Å². The minimum Gasteiger partial charge on any atom is -0.493 e. The molecule has 0 fully saturated rings. The summed E-state index contributed by atoms with van der Waals surface area (Å²) in [5, 5.41) is 10.8. The van der Waals surface area contributed by atoms with Crippen molar-refractivity contribution in [2.24, 2.45) is 0 Å². The number of aromatic carboxylic acids is 1. The largest absolute Gasteiger partial charge is 0.493 e. The van der Waals surface area contributed by atoms with Gasteiger partial charge in [0.25, 0.3) is 0 Å². The third kappa shape index (κ3) is 7.77. The second-order valence-corrected chi connectivity index (χ2v) is 13.6. The summed E-state index contributed by atoms with van der Waals surface area (Å²) in [6.07, 6.45) is 4.06. The summed E-state index contributed by atoms with van der Waals surface area (Å²) < 4.78 is 37.5. The Hall–Kier alpha value is -4.96. The molecule has 2 heterocycles. The van der Waals surface area contributed by atoms with Crippen molar-refractivity contribution >= 4 is 38.5 Å². The van der Waals surface area contributed by atoms with E-state index in [1.807, 2.05) is 54.6 Å². The van der Waals surface area contributed by atoms with Crippen molar-refractivity contribution in [3.63, 3.8) is 0 Å². The molecule has 0 saturated heterocycles. The van der Waals surface area contributed by atoms with E-state index in [4.69, 9.17) is 16.3 Å². The first-order valence-corrected chi connectivity index (χ1v) is 17.6. The molecular formula is C38H34ClN3O5S. The van der Waals surface area contributed by atoms with E-state index in [-0.39, 0.29) is 23.9 Å². The normalized spacial score (nSPS) is 11.6. The van der Waals surface area contributed by atoms with Crippen molar-refractivity contribution in [3.8, 4) is 5.75 Å². The molecule has 4 aromatic carbocycles. The van der Waals surface area contributed by atoms with Crippen LogP contribution in [0.2, 0.25) is 5.02 Å². The SMILES string of the molecule is O=C(O)c1ccc(OCCc2c(CCNS(=O)(=O)Cc3ccncc3)n(C(c3ccccc3)c3ccccc3)c3ccc(Cl)cc23)cc1. The van der Waals surface area contributed by atoms with Gasteiger partial charge in [-0.2, -0.15) is 0 Å². The van der Waals surface area contributed by atoms with Crippen LogP contribution in [0, 0.1) is 0 Å². The van der Waals surface area contributed by atoms with E-state index in [1.165, 1.54) is 12.1 Å². The van der Waals surface area contributed by atoms with Crippen LogP contribution in [-0.4, -0.2) is 42.2 Å². The highest BCUT2D eigenvalue weighted by molar-refractivity contribution is 7.88. The summed E-state index contributed by atoms with van der Waals surface area (Å²) >= 11 is 6.59. The van der Waals surface area contributed by atoms with Crippen LogP contribution in [0.15, 0.2) is 128 Å². The fraction of sp³-hybridized carbons (Fsp3) is 0.158. The first-order chi connectivity index (χ1) is 23.3. The summed E-state index contributed by atoms with van der Waals surface area (Å²) in [5.41, 5.74) is 5.92. The van der Waals surface area contributed by atoms with Crippen molar-refractivity contribution in [2.75, 3.05) is 13.2 Å². The number of carboxylic acids is 1. The van der Waals surface area contributed by atoms with Gasteiger partial charge in [-0.05, 0) is 76.9 Å². The molecule has 0 radical (unpaired) electrons. The number of pyridine rings is 1. The van der Waals surface area contributed by atoms with Crippen LogP contribution in [-0.2, 0) is 28.6 Å². The number of fused-ring (bicyclic) bond motifs is 1. The van der Waals surface area contributed by atoms with Crippen LogP contribution >= 0.6 is 11.6 Å². The second kappa shape index (κ2) is 14.9. The average Bonchev–Trinajstić information content (AvgIpc) is 3.37. The molecule has 6 aromatic rings. The molecule has 0 spiro atoms. The molecule has 0 aliphatic carbocycles. The van der Waals surface area contributed by atoms with Gasteiger partial charge in [0.1, 0.15) is 5.75 Å². The summed E-state index contributed by atoms with van der Waals surface area (Å²) in [4.78, 5) is 15.3. The Balaban J connectivity index is 1.40. The summed E-state index contributed by atoms with van der Waals surface area (Å²) in [5.74, 6) is -0.594. The van der Waals surface area contributed by atoms with E-state index in [0.29, 0.717) is 35.8 Å². The topological polar surface area (TPSA) is 111 Å². The highest BCUT2D eigenvalue weighted by Gasteiger charge is 2.26. The fourth-order valence-corrected chi connectivity index (χ4v) is 7.37. The van der Waals surface area contributed by atoms with E-state index < -0.39 is 16.0 Å². The zero-order valence-electron chi connectivity index (χ0n) is 26.0. The number of carboxylic acid groups (broad SMARTS) is 1. The van der Waals surface area contributed by atoms with Gasteiger partial charge < -0.3 is 14.4 Å². The lowest BCUT2D eigenvalue weighted by Crippen LogP contribution is -2.28. The van der Waals surface area contributed by atoms with Crippen molar-refractivity contribution in [3.05, 3.63) is 166 Å². The molecule has 0 amide bonds. The van der Waals surface area contributed by atoms with E-state index >= 15 is 0 Å². The van der Waals surface area contributed by atoms with Gasteiger partial charge in [0, 0.05) is 53.4 Å². The van der Waals surface area contributed by atoms with Gasteiger partial charge in [-0.25, -0.2) is 17.9 Å². The highest BCUT2D eigenvalue weighted by atomic mass is 35.5. The Kier molecular flexibility index (Phi) is 10.2. The van der Waals surface area contributed by atoms with Crippen molar-refractivity contribution in [1.82, 2.24) is 14.3 Å². The molecule has 10 heteroatoms. The van der Waals surface area contributed by atoms with Gasteiger partial charge in [-0.15, -0.1) is 0 Å². The van der Waals surface area contributed by atoms with Crippen molar-refractivity contribution < 1.29 is 23.1 Å². The number of halogens is 1. The molecule has 6 rings (SSSR count). The molecule has 2 aromatic heterocycles. The maximum Gasteiger partial charge on any atom is 0.335 e. The molecule has 2 N–H and O–H groups in total. The Morgan fingerprint density at radius 3 is 2.12 bits per heavy atom. The van der Waals surface area contributed by atoms with Gasteiger partial charge >= 0.3 is 5.97 Å². The number of hydrogen-bond acceptors (Lipinski definition) is 5. The number of hydrogen-bond donors (Lipinski definition) is 2. The maximum atomic E-state index is 13.1. The van der Waals surface area contributed by atoms with Crippen molar-refractivity contribution in [1.29, 1.82) is 0 Å². The minimum atomic E-state index is -3.63. The van der Waals surface area contributed by atoms with Crippen LogP contribution in [0.5, 0.6) is 5.75 Å². The molecular weight excluding hydrogens is 646 g/mol. The Bertz CT molecular complexity index is 2070. The smallest absolute Gasteiger partial charge is 0.335 e. The number of carbonyl (C=O) groups is 1. The van der Waals surface area contributed by atoms with Gasteiger partial charge in [0.05, 0.1) is 24.0 Å². The van der Waals surface area contributed by atoms with Gasteiger partial charge in [0.15, 0.2) is 0 Å². The molecule has 8 nitrogen and oxygen atoms in total. The third-order valence-electron chi connectivity index (χ3n) is 8.18. The van der Waals surface area contributed by atoms with Crippen LogP contribution in [0.1, 0.15) is 44.3 Å². The zero-order valence-corrected chi connectivity index (χ0v) is 27.6. The number of sulfonamides is 1. The predicted molar refractivity (Wildman–Crippen MR) is 188 cm³/mol. The number of aromatic nitrogens is 2. The zero-order chi connectivity index (χ0) is 33.5. The number of benzene rings is 4. The van der Waals surface area contributed by atoms with E-state index in [0.717, 1.165) is 33.3 Å². The van der Waals surface area contributed by atoms with Gasteiger partial charge in [0.2, 0.25) is 10.0 Å². The molecule has 0 aliphatic rings. The van der Waals surface area contributed by atoms with Crippen molar-refractivity contribution in [2.45, 2.75) is 24.6 Å². The molecule has 0 saturated carbocycles. The molecule has 0 aliphatic heterocycles. The van der Waals surface area contributed by atoms with E-state index in [9.17, 15) is 18.3 Å². The Labute approximate surface area is 284 Å². The monoisotopic (exact) mass is 679 g/mol. The van der Waals surface area contributed by atoms with Gasteiger partial charge in [-0.1, -0.05) is 72.3 Å². The lowest BCUT2D eigenvalue weighted by Gasteiger charge is -2.25. The summed E-state index contributed by atoms with van der Waals surface area (Å²) in [6, 6.07) is 35.8.